The van der Waals surface area contributed by atoms with Crippen molar-refractivity contribution in [2.24, 2.45) is 5.92 Å². The molecule has 1 aromatic heterocycles. The monoisotopic (exact) mass is 164 g/mol. The SMILES string of the molecule is CC(C)CC#Cc1cccs1. The molecule has 0 nitrogen and oxygen atoms in total. The standard InChI is InChI=1S/C10H12S/c1-9(2)5-3-6-10-7-4-8-11-10/h4,7-9H,5H2,1-2H3. The molecule has 0 saturated carbocycles. The Labute approximate surface area is 72.3 Å². The maximum absolute atomic E-state index is 3.15. The molecule has 1 heterocycles. The second-order valence-corrected chi connectivity index (χ2v) is 3.82. The summed E-state index contributed by atoms with van der Waals surface area (Å²) in [6.07, 6.45) is 0.998. The van der Waals surface area contributed by atoms with Crippen LogP contribution in [0.5, 0.6) is 0 Å². The minimum atomic E-state index is 0.683. The van der Waals surface area contributed by atoms with Gasteiger partial charge in [0.05, 0.1) is 4.88 Å². The fraction of sp³-hybridized carbons (Fsp3) is 0.400. The third kappa shape index (κ3) is 3.25. The van der Waals surface area contributed by atoms with Crippen molar-refractivity contribution in [3.8, 4) is 11.8 Å². The first-order chi connectivity index (χ1) is 5.29. The number of thiophene rings is 1. The Kier molecular flexibility index (Phi) is 3.19. The summed E-state index contributed by atoms with van der Waals surface area (Å²) in [7, 11) is 0. The van der Waals surface area contributed by atoms with Crippen LogP contribution in [0.4, 0.5) is 0 Å². The Balaban J connectivity index is 2.46. The Morgan fingerprint density at radius 2 is 2.36 bits per heavy atom. The zero-order valence-electron chi connectivity index (χ0n) is 6.92. The van der Waals surface area contributed by atoms with Crippen LogP contribution in [0.25, 0.3) is 0 Å². The summed E-state index contributed by atoms with van der Waals surface area (Å²) in [6.45, 7) is 4.37. The largest absolute Gasteiger partial charge is 0.135 e. The quantitative estimate of drug-likeness (QED) is 0.559. The van der Waals surface area contributed by atoms with Crippen LogP contribution in [0.2, 0.25) is 0 Å². The van der Waals surface area contributed by atoms with E-state index in [-0.39, 0.29) is 0 Å². The Bertz CT molecular complexity index is 246. The van der Waals surface area contributed by atoms with Gasteiger partial charge in [0.2, 0.25) is 0 Å². The highest BCUT2D eigenvalue weighted by molar-refractivity contribution is 7.10. The van der Waals surface area contributed by atoms with Crippen molar-refractivity contribution in [2.75, 3.05) is 0 Å². The summed E-state index contributed by atoms with van der Waals surface area (Å²) in [4.78, 5) is 1.17. The van der Waals surface area contributed by atoms with Crippen LogP contribution < -0.4 is 0 Å². The predicted molar refractivity (Wildman–Crippen MR) is 50.7 cm³/mol. The third-order valence-electron chi connectivity index (χ3n) is 1.24. The molecule has 0 aliphatic carbocycles. The molecule has 0 radical (unpaired) electrons. The normalized spacial score (nSPS) is 9.36. The first-order valence-electron chi connectivity index (χ1n) is 3.81. The molecule has 0 bridgehead atoms. The zero-order valence-corrected chi connectivity index (χ0v) is 7.74. The van der Waals surface area contributed by atoms with Gasteiger partial charge in [0.1, 0.15) is 0 Å². The van der Waals surface area contributed by atoms with E-state index in [0.29, 0.717) is 5.92 Å². The van der Waals surface area contributed by atoms with Crippen molar-refractivity contribution < 1.29 is 0 Å². The highest BCUT2D eigenvalue weighted by Gasteiger charge is 1.87. The molecular formula is C10H12S. The lowest BCUT2D eigenvalue weighted by atomic mass is 10.1. The van der Waals surface area contributed by atoms with Gasteiger partial charge < -0.3 is 0 Å². The molecule has 11 heavy (non-hydrogen) atoms. The first-order valence-corrected chi connectivity index (χ1v) is 4.69. The van der Waals surface area contributed by atoms with Gasteiger partial charge in [-0.05, 0) is 17.4 Å². The van der Waals surface area contributed by atoms with Crippen LogP contribution in [-0.2, 0) is 0 Å². The van der Waals surface area contributed by atoms with Crippen molar-refractivity contribution in [2.45, 2.75) is 20.3 Å². The fourth-order valence-corrected chi connectivity index (χ4v) is 1.28. The maximum atomic E-state index is 3.15. The molecular weight excluding hydrogens is 152 g/mol. The third-order valence-corrected chi connectivity index (χ3v) is 2.03. The van der Waals surface area contributed by atoms with Crippen LogP contribution >= 0.6 is 11.3 Å². The average Bonchev–Trinajstić information content (AvgIpc) is 2.39. The van der Waals surface area contributed by atoms with E-state index in [1.54, 1.807) is 11.3 Å². The summed E-state index contributed by atoms with van der Waals surface area (Å²) >= 11 is 1.70. The minimum Gasteiger partial charge on any atom is -0.135 e. The van der Waals surface area contributed by atoms with Gasteiger partial charge in [-0.1, -0.05) is 31.8 Å². The Morgan fingerprint density at radius 1 is 1.55 bits per heavy atom. The molecule has 0 aromatic carbocycles. The lowest BCUT2D eigenvalue weighted by Gasteiger charge is -1.91. The summed E-state index contributed by atoms with van der Waals surface area (Å²) in [5.41, 5.74) is 0. The van der Waals surface area contributed by atoms with E-state index in [4.69, 9.17) is 0 Å². The molecule has 0 amide bonds. The first kappa shape index (κ1) is 8.36. The van der Waals surface area contributed by atoms with E-state index in [9.17, 15) is 0 Å². The van der Waals surface area contributed by atoms with Gasteiger partial charge in [-0.25, -0.2) is 0 Å². The smallest absolute Gasteiger partial charge is 0.0768 e. The van der Waals surface area contributed by atoms with Crippen molar-refractivity contribution in [1.29, 1.82) is 0 Å². The van der Waals surface area contributed by atoms with E-state index in [2.05, 4.69) is 37.1 Å². The Hall–Kier alpha value is -0.740. The van der Waals surface area contributed by atoms with Crippen molar-refractivity contribution in [1.82, 2.24) is 0 Å². The number of hydrogen-bond acceptors (Lipinski definition) is 1. The van der Waals surface area contributed by atoms with Gasteiger partial charge >= 0.3 is 0 Å². The summed E-state index contributed by atoms with van der Waals surface area (Å²) in [6, 6.07) is 4.09. The molecule has 1 aromatic rings. The van der Waals surface area contributed by atoms with Crippen LogP contribution in [0.1, 0.15) is 25.1 Å². The molecule has 0 N–H and O–H groups in total. The molecule has 0 fully saturated rings. The van der Waals surface area contributed by atoms with E-state index < -0.39 is 0 Å². The molecule has 0 aliphatic heterocycles. The Morgan fingerprint density at radius 3 is 2.91 bits per heavy atom. The van der Waals surface area contributed by atoms with Gasteiger partial charge in [-0.15, -0.1) is 11.3 Å². The van der Waals surface area contributed by atoms with Crippen LogP contribution in [0, 0.1) is 17.8 Å². The summed E-state index contributed by atoms with van der Waals surface area (Å²) in [5, 5.41) is 2.05. The van der Waals surface area contributed by atoms with Gasteiger partial charge in [0, 0.05) is 6.42 Å². The zero-order chi connectivity index (χ0) is 8.10. The summed E-state index contributed by atoms with van der Waals surface area (Å²) < 4.78 is 0. The van der Waals surface area contributed by atoms with Crippen molar-refractivity contribution in [3.05, 3.63) is 22.4 Å². The second-order valence-electron chi connectivity index (χ2n) is 2.88. The second kappa shape index (κ2) is 4.20. The van der Waals surface area contributed by atoms with Crippen molar-refractivity contribution >= 4 is 11.3 Å². The molecule has 0 saturated heterocycles. The topological polar surface area (TPSA) is 0 Å². The van der Waals surface area contributed by atoms with Gasteiger partial charge in [0.15, 0.2) is 0 Å². The maximum Gasteiger partial charge on any atom is 0.0768 e. The van der Waals surface area contributed by atoms with Crippen LogP contribution in [0.15, 0.2) is 17.5 Å². The van der Waals surface area contributed by atoms with Crippen molar-refractivity contribution in [3.63, 3.8) is 0 Å². The molecule has 0 unspecified atom stereocenters. The van der Waals surface area contributed by atoms with E-state index >= 15 is 0 Å². The van der Waals surface area contributed by atoms with E-state index in [0.717, 1.165) is 6.42 Å². The average molecular weight is 164 g/mol. The van der Waals surface area contributed by atoms with Gasteiger partial charge in [-0.3, -0.25) is 0 Å². The van der Waals surface area contributed by atoms with Crippen LogP contribution in [0.3, 0.4) is 0 Å². The lowest BCUT2D eigenvalue weighted by Crippen LogP contribution is -1.81. The summed E-state index contributed by atoms with van der Waals surface area (Å²) in [5.74, 6) is 6.95. The van der Waals surface area contributed by atoms with Gasteiger partial charge in [-0.2, -0.15) is 0 Å². The number of hydrogen-bond donors (Lipinski definition) is 0. The van der Waals surface area contributed by atoms with Crippen LogP contribution in [-0.4, -0.2) is 0 Å². The highest BCUT2D eigenvalue weighted by Crippen LogP contribution is 2.06. The lowest BCUT2D eigenvalue weighted by molar-refractivity contribution is 0.676. The minimum absolute atomic E-state index is 0.683. The fourth-order valence-electron chi connectivity index (χ4n) is 0.692. The molecule has 58 valence electrons. The molecule has 0 atom stereocenters. The molecule has 1 heteroatoms. The molecule has 0 aliphatic rings. The molecule has 1 rings (SSSR count). The predicted octanol–water partition coefficient (Wildman–Crippen LogP) is 3.15. The number of rotatable bonds is 1. The van der Waals surface area contributed by atoms with E-state index in [1.165, 1.54) is 4.88 Å². The van der Waals surface area contributed by atoms with E-state index in [1.807, 2.05) is 6.07 Å². The molecule has 0 spiro atoms. The van der Waals surface area contributed by atoms with Gasteiger partial charge in [0.25, 0.3) is 0 Å². The highest BCUT2D eigenvalue weighted by atomic mass is 32.1.